The van der Waals surface area contributed by atoms with E-state index in [1.165, 1.54) is 0 Å². The highest BCUT2D eigenvalue weighted by Gasteiger charge is 2.36. The zero-order valence-corrected chi connectivity index (χ0v) is 34.7. The maximum atomic E-state index is 12.2. The Morgan fingerprint density at radius 2 is 1.02 bits per heavy atom. The van der Waals surface area contributed by atoms with Crippen LogP contribution in [0.1, 0.15) is 92.4 Å². The Morgan fingerprint density at radius 1 is 0.615 bits per heavy atom. The molecule has 0 amide bonds. The van der Waals surface area contributed by atoms with Crippen LogP contribution in [0, 0.1) is 11.8 Å². The fraction of sp³-hybridized carbons (Fsp3) is 0.946. The first-order chi connectivity index (χ1) is 24.9. The monoisotopic (exact) mass is 775 g/mol. The van der Waals surface area contributed by atoms with Gasteiger partial charge in [0.15, 0.2) is 5.25 Å². The lowest BCUT2D eigenvalue weighted by Gasteiger charge is -2.37. The van der Waals surface area contributed by atoms with Crippen LogP contribution in [0.5, 0.6) is 0 Å². The van der Waals surface area contributed by atoms with Crippen LogP contribution in [0.4, 0.5) is 0 Å². The molecule has 0 aromatic carbocycles. The van der Waals surface area contributed by atoms with Crippen molar-refractivity contribution in [1.82, 2.24) is 0 Å². The van der Waals surface area contributed by atoms with Gasteiger partial charge in [-0.25, -0.2) is 0 Å². The number of esters is 2. The minimum absolute atomic E-state index is 0.0747. The summed E-state index contributed by atoms with van der Waals surface area (Å²) in [7, 11) is 0.291. The first-order valence-corrected chi connectivity index (χ1v) is 20.8. The number of hydrogen-bond donors (Lipinski definition) is 1. The number of likely N-dealkylation sites (N-methyl/N-ethyl adjacent to an activating group) is 1. The van der Waals surface area contributed by atoms with E-state index in [9.17, 15) is 22.6 Å². The molecule has 0 saturated heterocycles. The van der Waals surface area contributed by atoms with Crippen LogP contribution in [-0.4, -0.2) is 155 Å². The van der Waals surface area contributed by atoms with Crippen LogP contribution >= 0.6 is 0 Å². The SMILES string of the molecule is CCCCC(CC)COC(=O)CC(C(=O)OCC(CC)CCCC)S(=O)(=O)O.CC[N+](CCOCCOC)(CCOCCOC)CCOCCOC. The van der Waals surface area contributed by atoms with E-state index in [0.29, 0.717) is 59.5 Å². The number of ether oxygens (including phenoxy) is 8. The second-order valence-corrected chi connectivity index (χ2v) is 14.6. The van der Waals surface area contributed by atoms with Crippen molar-refractivity contribution >= 4 is 22.1 Å². The number of carbonyl (C=O) groups is 2. The first-order valence-electron chi connectivity index (χ1n) is 19.3. The largest absolute Gasteiger partial charge is 0.465 e. The summed E-state index contributed by atoms with van der Waals surface area (Å²) >= 11 is 0. The van der Waals surface area contributed by atoms with E-state index in [1.807, 2.05) is 13.8 Å². The van der Waals surface area contributed by atoms with E-state index in [0.717, 1.165) is 82.0 Å². The molecule has 0 aliphatic carbocycles. The van der Waals surface area contributed by atoms with Crippen molar-refractivity contribution in [2.45, 2.75) is 97.7 Å². The van der Waals surface area contributed by atoms with Gasteiger partial charge in [0.1, 0.15) is 19.6 Å². The molecule has 0 aromatic rings. The van der Waals surface area contributed by atoms with Crippen molar-refractivity contribution in [1.29, 1.82) is 0 Å². The predicted octanol–water partition coefficient (Wildman–Crippen LogP) is 4.96. The summed E-state index contributed by atoms with van der Waals surface area (Å²) in [5, 5.41) is -1.95. The second-order valence-electron chi connectivity index (χ2n) is 13.0. The lowest BCUT2D eigenvalue weighted by atomic mass is 10.0. The quantitative estimate of drug-likeness (QED) is 0.0398. The van der Waals surface area contributed by atoms with Crippen molar-refractivity contribution in [3.05, 3.63) is 0 Å². The number of rotatable bonds is 35. The van der Waals surface area contributed by atoms with Gasteiger partial charge >= 0.3 is 11.9 Å². The zero-order chi connectivity index (χ0) is 39.5. The maximum Gasteiger partial charge on any atom is 0.327 e. The zero-order valence-electron chi connectivity index (χ0n) is 33.9. The summed E-state index contributed by atoms with van der Waals surface area (Å²) in [6.45, 7) is 20.4. The minimum Gasteiger partial charge on any atom is -0.465 e. The Labute approximate surface area is 316 Å². The van der Waals surface area contributed by atoms with Crippen LogP contribution in [0.25, 0.3) is 0 Å². The summed E-state index contributed by atoms with van der Waals surface area (Å²) in [5.41, 5.74) is 0. The molecule has 0 heterocycles. The van der Waals surface area contributed by atoms with Gasteiger partial charge < -0.3 is 42.4 Å². The van der Waals surface area contributed by atoms with Crippen molar-refractivity contribution < 1.29 is 64.9 Å². The summed E-state index contributed by atoms with van der Waals surface area (Å²) in [4.78, 5) is 24.2. The molecular formula is C37H76NO13S+. The van der Waals surface area contributed by atoms with Gasteiger partial charge in [-0.2, -0.15) is 8.42 Å². The molecule has 0 rings (SSSR count). The van der Waals surface area contributed by atoms with E-state index in [1.54, 1.807) is 21.3 Å². The molecule has 0 saturated carbocycles. The number of nitrogens with zero attached hydrogens (tertiary/aromatic N) is 1. The van der Waals surface area contributed by atoms with Gasteiger partial charge in [-0.3, -0.25) is 14.1 Å². The molecule has 0 bridgehead atoms. The summed E-state index contributed by atoms with van der Waals surface area (Å²) in [5.74, 6) is -1.61. The topological polar surface area (TPSA) is 162 Å². The molecule has 14 nitrogen and oxygen atoms in total. The molecule has 3 atom stereocenters. The molecule has 0 aliphatic rings. The lowest BCUT2D eigenvalue weighted by molar-refractivity contribution is -0.927. The molecule has 1 N–H and O–H groups in total. The Morgan fingerprint density at radius 3 is 1.35 bits per heavy atom. The Kier molecular flexibility index (Phi) is 35.7. The minimum atomic E-state index is -4.76. The van der Waals surface area contributed by atoms with Crippen LogP contribution in [0.3, 0.4) is 0 Å². The van der Waals surface area contributed by atoms with Crippen LogP contribution in [0.15, 0.2) is 0 Å². The predicted molar refractivity (Wildman–Crippen MR) is 202 cm³/mol. The third kappa shape index (κ3) is 29.0. The molecular weight excluding hydrogens is 698 g/mol. The highest BCUT2D eigenvalue weighted by atomic mass is 32.2. The van der Waals surface area contributed by atoms with E-state index in [-0.39, 0.29) is 25.0 Å². The van der Waals surface area contributed by atoms with Gasteiger partial charge in [0.05, 0.1) is 85.6 Å². The molecule has 0 aliphatic heterocycles. The smallest absolute Gasteiger partial charge is 0.327 e. The summed E-state index contributed by atoms with van der Waals surface area (Å²) in [6.07, 6.45) is 6.74. The molecule has 312 valence electrons. The Hall–Kier alpha value is -1.43. The molecule has 0 fully saturated rings. The fourth-order valence-corrected chi connectivity index (χ4v) is 5.80. The molecule has 3 unspecified atom stereocenters. The number of unbranched alkanes of at least 4 members (excludes halogenated alkanes) is 2. The van der Waals surface area contributed by atoms with Crippen molar-refractivity contribution in [2.75, 3.05) is 120 Å². The number of quaternary nitrogens is 1. The third-order valence-electron chi connectivity index (χ3n) is 9.10. The highest BCUT2D eigenvalue weighted by molar-refractivity contribution is 7.87. The molecule has 52 heavy (non-hydrogen) atoms. The van der Waals surface area contributed by atoms with Gasteiger partial charge in [-0.05, 0) is 31.6 Å². The van der Waals surface area contributed by atoms with Crippen molar-refractivity contribution in [3.63, 3.8) is 0 Å². The van der Waals surface area contributed by atoms with Gasteiger partial charge in [0.25, 0.3) is 10.1 Å². The molecule has 15 heteroatoms. The number of methoxy groups -OCH3 is 3. The van der Waals surface area contributed by atoms with Crippen molar-refractivity contribution in [3.8, 4) is 0 Å². The highest BCUT2D eigenvalue weighted by Crippen LogP contribution is 2.17. The summed E-state index contributed by atoms with van der Waals surface area (Å²) < 4.78 is 75.7. The van der Waals surface area contributed by atoms with Gasteiger partial charge in [0.2, 0.25) is 0 Å². The van der Waals surface area contributed by atoms with E-state index in [2.05, 4.69) is 20.8 Å². The van der Waals surface area contributed by atoms with Gasteiger partial charge in [-0.15, -0.1) is 0 Å². The average molecular weight is 775 g/mol. The average Bonchev–Trinajstić information content (AvgIpc) is 3.13. The number of carbonyl (C=O) groups excluding carboxylic acids is 2. The number of hydrogen-bond acceptors (Lipinski definition) is 12. The van der Waals surface area contributed by atoms with E-state index < -0.39 is 33.7 Å². The fourth-order valence-electron chi connectivity index (χ4n) is 5.14. The summed E-state index contributed by atoms with van der Waals surface area (Å²) in [6, 6.07) is 0. The molecule has 0 spiro atoms. The first kappa shape index (κ1) is 52.7. The normalized spacial score (nSPS) is 13.6. The van der Waals surface area contributed by atoms with E-state index >= 15 is 0 Å². The van der Waals surface area contributed by atoms with Crippen molar-refractivity contribution in [2.24, 2.45) is 11.8 Å². The van der Waals surface area contributed by atoms with Gasteiger partial charge in [-0.1, -0.05) is 66.2 Å². The second kappa shape index (κ2) is 35.3. The maximum absolute atomic E-state index is 12.2. The van der Waals surface area contributed by atoms with Gasteiger partial charge in [0, 0.05) is 21.3 Å². The molecule has 0 aromatic heterocycles. The Balaban J connectivity index is 0. The lowest BCUT2D eigenvalue weighted by Crippen LogP contribution is -2.53. The Bertz CT molecular complexity index is 903. The van der Waals surface area contributed by atoms with Crippen LogP contribution in [0.2, 0.25) is 0 Å². The standard InChI is InChI=1S/C20H38O7S.C17H38NO6/c1-5-9-11-16(7-3)14-26-19(21)13-18(28(23,24)25)20(22)27-15-17(8-4)12-10-6-2;1-5-18(6-9-22-15-12-19-2,7-10-23-16-13-20-3)8-11-24-17-14-21-4/h16-18H,5-15H2,1-4H3,(H,23,24,25);5-17H2,1-4H3/q;+1. The third-order valence-corrected chi connectivity index (χ3v) is 10.2. The van der Waals surface area contributed by atoms with Crippen LogP contribution < -0.4 is 0 Å². The van der Waals surface area contributed by atoms with E-state index in [4.69, 9.17) is 37.9 Å². The molecule has 0 radical (unpaired) electrons. The van der Waals surface area contributed by atoms with Crippen LogP contribution in [-0.2, 0) is 57.6 Å².